The maximum absolute atomic E-state index is 12.3. The summed E-state index contributed by atoms with van der Waals surface area (Å²) in [6, 6.07) is 0.881. The number of carboxylic acids is 1. The van der Waals surface area contributed by atoms with Gasteiger partial charge < -0.3 is 19.7 Å². The third-order valence-electron chi connectivity index (χ3n) is 4.35. The highest BCUT2D eigenvalue weighted by Crippen LogP contribution is 2.39. The maximum Gasteiger partial charge on any atom is 0.371 e. The summed E-state index contributed by atoms with van der Waals surface area (Å²) in [7, 11) is 0. The third-order valence-corrected chi connectivity index (χ3v) is 4.35. The number of rotatable bonds is 3. The monoisotopic (exact) mass is 318 g/mol. The average molecular weight is 318 g/mol. The Bertz CT molecular complexity index is 849. The largest absolute Gasteiger partial charge is 0.507 e. The fraction of sp³-hybridized carbons (Fsp3) is 0.412. The van der Waals surface area contributed by atoms with E-state index in [0.29, 0.717) is 24.8 Å². The molecule has 1 aromatic carbocycles. The molecule has 1 atom stereocenters. The molecule has 2 aromatic rings. The van der Waals surface area contributed by atoms with Crippen LogP contribution in [0.3, 0.4) is 0 Å². The van der Waals surface area contributed by atoms with Gasteiger partial charge in [-0.05, 0) is 30.4 Å². The van der Waals surface area contributed by atoms with Crippen LogP contribution in [-0.4, -0.2) is 27.4 Å². The Kier molecular flexibility index (Phi) is 3.85. The second-order valence-electron chi connectivity index (χ2n) is 5.92. The van der Waals surface area contributed by atoms with Crippen molar-refractivity contribution in [2.45, 2.75) is 45.1 Å². The summed E-state index contributed by atoms with van der Waals surface area (Å²) in [6.45, 7) is 1.97. The van der Waals surface area contributed by atoms with Gasteiger partial charge in [0, 0.05) is 18.1 Å². The number of aliphatic hydroxyl groups is 1. The van der Waals surface area contributed by atoms with Crippen molar-refractivity contribution < 1.29 is 24.5 Å². The van der Waals surface area contributed by atoms with Crippen LogP contribution in [0.25, 0.3) is 11.0 Å². The minimum Gasteiger partial charge on any atom is -0.507 e. The van der Waals surface area contributed by atoms with Crippen molar-refractivity contribution >= 4 is 16.9 Å². The van der Waals surface area contributed by atoms with Crippen molar-refractivity contribution in [1.82, 2.24) is 0 Å². The number of hydrogen-bond donors (Lipinski definition) is 3. The molecule has 3 rings (SSSR count). The van der Waals surface area contributed by atoms with Crippen LogP contribution in [0.2, 0.25) is 0 Å². The van der Waals surface area contributed by atoms with Crippen molar-refractivity contribution in [3.63, 3.8) is 0 Å². The van der Waals surface area contributed by atoms with E-state index in [0.717, 1.165) is 23.6 Å². The third kappa shape index (κ3) is 2.49. The van der Waals surface area contributed by atoms with Gasteiger partial charge in [0.1, 0.15) is 16.7 Å². The van der Waals surface area contributed by atoms with E-state index in [1.165, 1.54) is 0 Å². The van der Waals surface area contributed by atoms with Crippen LogP contribution in [-0.2, 0) is 19.3 Å². The number of phenols is 1. The van der Waals surface area contributed by atoms with E-state index in [2.05, 4.69) is 0 Å². The minimum atomic E-state index is -1.32. The highest BCUT2D eigenvalue weighted by Gasteiger charge is 2.28. The molecule has 122 valence electrons. The van der Waals surface area contributed by atoms with Crippen LogP contribution in [0, 0.1) is 0 Å². The van der Waals surface area contributed by atoms with Gasteiger partial charge in [-0.15, -0.1) is 0 Å². The molecule has 1 unspecified atom stereocenters. The van der Waals surface area contributed by atoms with Crippen LogP contribution < -0.4 is 5.43 Å². The molecule has 0 aliphatic heterocycles. The molecule has 0 bridgehead atoms. The molecule has 0 amide bonds. The molecule has 0 radical (unpaired) electrons. The van der Waals surface area contributed by atoms with Crippen molar-refractivity contribution in [2.75, 3.05) is 0 Å². The van der Waals surface area contributed by atoms with Crippen molar-refractivity contribution in [3.8, 4) is 5.75 Å². The van der Waals surface area contributed by atoms with Gasteiger partial charge in [0.25, 0.3) is 0 Å². The van der Waals surface area contributed by atoms with Crippen LogP contribution in [0.5, 0.6) is 5.75 Å². The number of aromatic carboxylic acids is 1. The number of carboxylic acid groups (broad SMARTS) is 1. The van der Waals surface area contributed by atoms with E-state index in [-0.39, 0.29) is 23.1 Å². The van der Waals surface area contributed by atoms with Gasteiger partial charge >= 0.3 is 5.97 Å². The fourth-order valence-corrected chi connectivity index (χ4v) is 3.33. The van der Waals surface area contributed by atoms with Gasteiger partial charge in [-0.25, -0.2) is 4.79 Å². The highest BCUT2D eigenvalue weighted by molar-refractivity contribution is 5.92. The molecule has 3 N–H and O–H groups in total. The van der Waals surface area contributed by atoms with E-state index >= 15 is 0 Å². The average Bonchev–Trinajstić information content (AvgIpc) is 2.50. The predicted molar refractivity (Wildman–Crippen MR) is 83.1 cm³/mol. The quantitative estimate of drug-likeness (QED) is 0.799. The van der Waals surface area contributed by atoms with Gasteiger partial charge in [-0.1, -0.05) is 13.3 Å². The SMILES string of the molecule is CCCc1c2c(c(O)c3c(=O)cc(C(=O)O)oc13)CC(O)CC2. The van der Waals surface area contributed by atoms with Crippen LogP contribution >= 0.6 is 0 Å². The van der Waals surface area contributed by atoms with E-state index < -0.39 is 23.3 Å². The summed E-state index contributed by atoms with van der Waals surface area (Å²) >= 11 is 0. The highest BCUT2D eigenvalue weighted by atomic mass is 16.4. The van der Waals surface area contributed by atoms with Crippen molar-refractivity contribution in [1.29, 1.82) is 0 Å². The zero-order valence-electron chi connectivity index (χ0n) is 12.8. The summed E-state index contributed by atoms with van der Waals surface area (Å²) in [4.78, 5) is 23.5. The fourth-order valence-electron chi connectivity index (χ4n) is 3.33. The Morgan fingerprint density at radius 1 is 1.39 bits per heavy atom. The molecular formula is C17H18O6. The number of phenolic OH excluding ortho intramolecular Hbond substituents is 1. The predicted octanol–water partition coefficient (Wildman–Crippen LogP) is 2.00. The number of fused-ring (bicyclic) bond motifs is 2. The smallest absolute Gasteiger partial charge is 0.371 e. The number of carbonyl (C=O) groups is 1. The normalized spacial score (nSPS) is 17.2. The first-order valence-electron chi connectivity index (χ1n) is 7.68. The topological polar surface area (TPSA) is 108 Å². The molecular weight excluding hydrogens is 300 g/mol. The number of hydrogen-bond acceptors (Lipinski definition) is 5. The van der Waals surface area contributed by atoms with Crippen molar-refractivity contribution in [2.24, 2.45) is 0 Å². The zero-order chi connectivity index (χ0) is 16.7. The molecule has 0 fully saturated rings. The number of benzene rings is 1. The van der Waals surface area contributed by atoms with Gasteiger partial charge in [-0.3, -0.25) is 4.79 Å². The second kappa shape index (κ2) is 5.70. The van der Waals surface area contributed by atoms with Gasteiger partial charge in [-0.2, -0.15) is 0 Å². The Balaban J connectivity index is 2.43. The lowest BCUT2D eigenvalue weighted by Gasteiger charge is -2.25. The van der Waals surface area contributed by atoms with E-state index in [4.69, 9.17) is 9.52 Å². The van der Waals surface area contributed by atoms with E-state index in [1.807, 2.05) is 6.92 Å². The molecule has 1 heterocycles. The molecule has 1 aliphatic carbocycles. The van der Waals surface area contributed by atoms with Gasteiger partial charge in [0.05, 0.1) is 6.10 Å². The number of aromatic hydroxyl groups is 1. The Labute approximate surface area is 132 Å². The molecule has 23 heavy (non-hydrogen) atoms. The van der Waals surface area contributed by atoms with E-state index in [9.17, 15) is 19.8 Å². The maximum atomic E-state index is 12.3. The van der Waals surface area contributed by atoms with Crippen LogP contribution in [0.15, 0.2) is 15.3 Å². The summed E-state index contributed by atoms with van der Waals surface area (Å²) in [5.74, 6) is -1.95. The van der Waals surface area contributed by atoms with Crippen molar-refractivity contribution in [3.05, 3.63) is 38.7 Å². The Morgan fingerprint density at radius 3 is 2.78 bits per heavy atom. The summed E-state index contributed by atoms with van der Waals surface area (Å²) < 4.78 is 5.44. The summed E-state index contributed by atoms with van der Waals surface area (Å²) in [6.07, 6.45) is 2.27. The standard InChI is InChI=1S/C17H18O6/c1-2-3-10-9-5-4-8(18)6-11(9)15(20)14-12(19)7-13(17(21)22)23-16(10)14/h7-8,18,20H,2-6H2,1H3,(H,21,22). The minimum absolute atomic E-state index is 0.00583. The van der Waals surface area contributed by atoms with Crippen LogP contribution in [0.1, 0.15) is 47.0 Å². The zero-order valence-corrected chi connectivity index (χ0v) is 12.8. The Hall–Kier alpha value is -2.34. The van der Waals surface area contributed by atoms with Gasteiger partial charge in [0.2, 0.25) is 5.76 Å². The second-order valence-corrected chi connectivity index (χ2v) is 5.92. The summed E-state index contributed by atoms with van der Waals surface area (Å²) in [5.41, 5.74) is 1.79. The van der Waals surface area contributed by atoms with Gasteiger partial charge in [0.15, 0.2) is 5.43 Å². The molecule has 1 aliphatic rings. The molecule has 0 saturated heterocycles. The first kappa shape index (κ1) is 15.6. The first-order chi connectivity index (χ1) is 10.9. The number of aliphatic hydroxyl groups excluding tert-OH is 1. The first-order valence-corrected chi connectivity index (χ1v) is 7.68. The summed E-state index contributed by atoms with van der Waals surface area (Å²) in [5, 5.41) is 29.5. The lowest BCUT2D eigenvalue weighted by Crippen LogP contribution is -2.21. The molecule has 6 nitrogen and oxygen atoms in total. The van der Waals surface area contributed by atoms with Crippen LogP contribution in [0.4, 0.5) is 0 Å². The van der Waals surface area contributed by atoms with E-state index in [1.54, 1.807) is 0 Å². The Morgan fingerprint density at radius 2 is 2.13 bits per heavy atom. The molecule has 6 heteroatoms. The lowest BCUT2D eigenvalue weighted by atomic mass is 9.83. The molecule has 1 aromatic heterocycles. The molecule has 0 spiro atoms. The molecule has 0 saturated carbocycles. The lowest BCUT2D eigenvalue weighted by molar-refractivity contribution is 0.0663. The number of aryl methyl sites for hydroxylation is 1.